The summed E-state index contributed by atoms with van der Waals surface area (Å²) >= 11 is 6.16. The van der Waals surface area contributed by atoms with Crippen molar-refractivity contribution < 1.29 is 9.36 Å². The van der Waals surface area contributed by atoms with Crippen LogP contribution in [-0.4, -0.2) is 34.0 Å². The monoisotopic (exact) mass is 425 g/mol. The number of nitrogens with two attached hydrogens (primary N) is 1. The van der Waals surface area contributed by atoms with E-state index in [1.54, 1.807) is 6.07 Å². The SMILES string of the molecule is N/C(=N/OCc1noc(-c2ccccc2Cl)n1)c1cccc(CN2CCCCC2)c1. The fraction of sp³-hybridized carbons (Fsp3) is 0.318. The largest absolute Gasteiger partial charge is 0.386 e. The van der Waals surface area contributed by atoms with E-state index < -0.39 is 0 Å². The highest BCUT2D eigenvalue weighted by Gasteiger charge is 2.13. The van der Waals surface area contributed by atoms with Gasteiger partial charge in [-0.1, -0.05) is 58.7 Å². The Morgan fingerprint density at radius 1 is 1.13 bits per heavy atom. The van der Waals surface area contributed by atoms with Crippen LogP contribution in [0.4, 0.5) is 0 Å². The van der Waals surface area contributed by atoms with Crippen LogP contribution in [0.1, 0.15) is 36.2 Å². The van der Waals surface area contributed by atoms with Gasteiger partial charge in [0.25, 0.3) is 5.89 Å². The molecule has 1 fully saturated rings. The van der Waals surface area contributed by atoms with E-state index in [4.69, 9.17) is 26.7 Å². The van der Waals surface area contributed by atoms with Crippen LogP contribution in [0.2, 0.25) is 5.02 Å². The van der Waals surface area contributed by atoms with Gasteiger partial charge in [0, 0.05) is 12.1 Å². The molecule has 1 aromatic heterocycles. The number of benzene rings is 2. The molecular formula is C22H24ClN5O2. The van der Waals surface area contributed by atoms with Crippen LogP contribution in [0.3, 0.4) is 0 Å². The number of hydrogen-bond acceptors (Lipinski definition) is 6. The minimum atomic E-state index is 0.0438. The highest BCUT2D eigenvalue weighted by molar-refractivity contribution is 6.33. The third kappa shape index (κ3) is 5.17. The fourth-order valence-electron chi connectivity index (χ4n) is 3.47. The van der Waals surface area contributed by atoms with Crippen LogP contribution in [0.15, 0.2) is 58.2 Å². The number of oxime groups is 1. The molecule has 3 aromatic rings. The Labute approximate surface area is 180 Å². The second kappa shape index (κ2) is 9.73. The van der Waals surface area contributed by atoms with E-state index in [0.29, 0.717) is 28.1 Å². The van der Waals surface area contributed by atoms with E-state index in [1.165, 1.54) is 24.8 Å². The predicted octanol–water partition coefficient (Wildman–Crippen LogP) is 4.21. The fourth-order valence-corrected chi connectivity index (χ4v) is 3.69. The van der Waals surface area contributed by atoms with E-state index in [2.05, 4.69) is 32.3 Å². The van der Waals surface area contributed by atoms with Gasteiger partial charge in [0.2, 0.25) is 5.82 Å². The molecule has 2 N–H and O–H groups in total. The number of hydrogen-bond donors (Lipinski definition) is 1. The molecule has 7 nitrogen and oxygen atoms in total. The number of rotatable bonds is 7. The number of nitrogens with zero attached hydrogens (tertiary/aromatic N) is 4. The molecule has 0 atom stereocenters. The second-order valence-electron chi connectivity index (χ2n) is 7.28. The smallest absolute Gasteiger partial charge is 0.259 e. The molecule has 0 saturated carbocycles. The molecule has 0 bridgehead atoms. The lowest BCUT2D eigenvalue weighted by atomic mass is 10.1. The quantitative estimate of drug-likeness (QED) is 0.346. The van der Waals surface area contributed by atoms with Gasteiger partial charge >= 0.3 is 0 Å². The molecule has 0 amide bonds. The molecule has 1 saturated heterocycles. The molecule has 8 heteroatoms. The van der Waals surface area contributed by atoms with Crippen LogP contribution in [0.25, 0.3) is 11.5 Å². The average molecular weight is 426 g/mol. The van der Waals surface area contributed by atoms with Gasteiger partial charge in [-0.15, -0.1) is 0 Å². The van der Waals surface area contributed by atoms with E-state index in [9.17, 15) is 0 Å². The number of piperidine rings is 1. The zero-order chi connectivity index (χ0) is 20.8. The normalized spacial score (nSPS) is 15.3. The first-order valence-corrected chi connectivity index (χ1v) is 10.4. The molecule has 0 aliphatic carbocycles. The number of halogens is 1. The molecule has 4 rings (SSSR count). The van der Waals surface area contributed by atoms with Crippen molar-refractivity contribution in [3.8, 4) is 11.5 Å². The van der Waals surface area contributed by atoms with Crippen LogP contribution in [0, 0.1) is 0 Å². The lowest BCUT2D eigenvalue weighted by Gasteiger charge is -2.26. The van der Waals surface area contributed by atoms with Crippen molar-refractivity contribution in [3.05, 3.63) is 70.5 Å². The van der Waals surface area contributed by atoms with Crippen molar-refractivity contribution in [2.75, 3.05) is 13.1 Å². The van der Waals surface area contributed by atoms with Crippen molar-refractivity contribution in [3.63, 3.8) is 0 Å². The summed E-state index contributed by atoms with van der Waals surface area (Å²) in [6.07, 6.45) is 3.87. The van der Waals surface area contributed by atoms with Gasteiger partial charge in [-0.3, -0.25) is 4.90 Å². The Kier molecular flexibility index (Phi) is 6.61. The molecule has 0 spiro atoms. The lowest BCUT2D eigenvalue weighted by Crippen LogP contribution is -2.29. The van der Waals surface area contributed by atoms with E-state index in [-0.39, 0.29) is 6.61 Å². The number of aromatic nitrogens is 2. The van der Waals surface area contributed by atoms with Crippen molar-refractivity contribution >= 4 is 17.4 Å². The van der Waals surface area contributed by atoms with Gasteiger partial charge in [0.1, 0.15) is 0 Å². The number of likely N-dealkylation sites (tertiary alicyclic amines) is 1. The zero-order valence-electron chi connectivity index (χ0n) is 16.6. The van der Waals surface area contributed by atoms with Crippen molar-refractivity contribution in [2.24, 2.45) is 10.9 Å². The Balaban J connectivity index is 1.35. The van der Waals surface area contributed by atoms with E-state index in [1.807, 2.05) is 30.3 Å². The minimum Gasteiger partial charge on any atom is -0.386 e. The maximum Gasteiger partial charge on any atom is 0.259 e. The maximum atomic E-state index is 6.16. The summed E-state index contributed by atoms with van der Waals surface area (Å²) in [4.78, 5) is 12.1. The first kappa shape index (κ1) is 20.4. The van der Waals surface area contributed by atoms with E-state index in [0.717, 1.165) is 25.2 Å². The van der Waals surface area contributed by atoms with Gasteiger partial charge in [0.05, 0.1) is 10.6 Å². The third-order valence-corrected chi connectivity index (χ3v) is 5.34. The first-order valence-electron chi connectivity index (χ1n) is 10.0. The highest BCUT2D eigenvalue weighted by atomic mass is 35.5. The van der Waals surface area contributed by atoms with Crippen molar-refractivity contribution in [1.82, 2.24) is 15.0 Å². The van der Waals surface area contributed by atoms with E-state index >= 15 is 0 Å². The summed E-state index contributed by atoms with van der Waals surface area (Å²) in [5.74, 6) is 1.01. The number of amidine groups is 1. The summed E-state index contributed by atoms with van der Waals surface area (Å²) in [6, 6.07) is 15.4. The molecule has 1 aliphatic heterocycles. The Hall–Kier alpha value is -2.90. The molecule has 0 unspecified atom stereocenters. The van der Waals surface area contributed by atoms with Crippen LogP contribution < -0.4 is 5.73 Å². The maximum absolute atomic E-state index is 6.16. The van der Waals surface area contributed by atoms with Gasteiger partial charge in [0.15, 0.2) is 12.4 Å². The van der Waals surface area contributed by atoms with Crippen LogP contribution >= 0.6 is 11.6 Å². The molecule has 156 valence electrons. The molecule has 30 heavy (non-hydrogen) atoms. The second-order valence-corrected chi connectivity index (χ2v) is 7.69. The standard InChI is InChI=1S/C22H24ClN5O2/c23-19-10-3-2-9-18(19)22-25-20(26-30-22)15-29-27-21(24)17-8-6-7-16(13-17)14-28-11-4-1-5-12-28/h2-3,6-10,13H,1,4-5,11-12,14-15H2,(H2,24,27). The van der Waals surface area contributed by atoms with Gasteiger partial charge in [-0.25, -0.2) is 0 Å². The zero-order valence-corrected chi connectivity index (χ0v) is 17.4. The molecule has 1 aliphatic rings. The average Bonchev–Trinajstić information content (AvgIpc) is 3.23. The van der Waals surface area contributed by atoms with Gasteiger partial charge in [-0.2, -0.15) is 4.98 Å². The summed E-state index contributed by atoms with van der Waals surface area (Å²) in [7, 11) is 0. The molecular weight excluding hydrogens is 402 g/mol. The highest BCUT2D eigenvalue weighted by Crippen LogP contribution is 2.25. The minimum absolute atomic E-state index is 0.0438. The summed E-state index contributed by atoms with van der Waals surface area (Å²) in [5.41, 5.74) is 8.83. The molecule has 2 aromatic carbocycles. The Morgan fingerprint density at radius 2 is 1.97 bits per heavy atom. The summed E-state index contributed by atoms with van der Waals surface area (Å²) < 4.78 is 5.25. The molecule has 0 radical (unpaired) electrons. The topological polar surface area (TPSA) is 89.8 Å². The summed E-state index contributed by atoms with van der Waals surface area (Å²) in [5, 5.41) is 8.45. The molecule has 2 heterocycles. The van der Waals surface area contributed by atoms with Crippen molar-refractivity contribution in [1.29, 1.82) is 0 Å². The van der Waals surface area contributed by atoms with Gasteiger partial charge in [-0.05, 0) is 49.7 Å². The predicted molar refractivity (Wildman–Crippen MR) is 116 cm³/mol. The summed E-state index contributed by atoms with van der Waals surface area (Å²) in [6.45, 7) is 3.27. The Morgan fingerprint density at radius 3 is 2.80 bits per heavy atom. The Bertz CT molecular complexity index is 1010. The van der Waals surface area contributed by atoms with Crippen molar-refractivity contribution in [2.45, 2.75) is 32.4 Å². The van der Waals surface area contributed by atoms with Crippen LogP contribution in [0.5, 0.6) is 0 Å². The lowest BCUT2D eigenvalue weighted by molar-refractivity contribution is 0.122. The first-order chi connectivity index (χ1) is 14.7. The van der Waals surface area contributed by atoms with Gasteiger partial charge < -0.3 is 15.1 Å². The third-order valence-electron chi connectivity index (χ3n) is 5.01. The van der Waals surface area contributed by atoms with Crippen LogP contribution in [-0.2, 0) is 18.0 Å².